The third-order valence-electron chi connectivity index (χ3n) is 3.37. The van der Waals surface area contributed by atoms with Gasteiger partial charge >= 0.3 is 5.97 Å². The first-order valence-corrected chi connectivity index (χ1v) is 7.42. The smallest absolute Gasteiger partial charge is 0.341 e. The van der Waals surface area contributed by atoms with Gasteiger partial charge in [0.25, 0.3) is 5.91 Å². The molecule has 1 N–H and O–H groups in total. The number of esters is 1. The number of carbonyl (C=O) groups is 2. The zero-order chi connectivity index (χ0) is 17.5. The number of benzene rings is 2. The molecule has 0 saturated carbocycles. The zero-order valence-corrected chi connectivity index (χ0v) is 13.6. The third-order valence-corrected chi connectivity index (χ3v) is 3.37. The van der Waals surface area contributed by atoms with Gasteiger partial charge in [-0.15, -0.1) is 0 Å². The summed E-state index contributed by atoms with van der Waals surface area (Å²) in [6.07, 6.45) is 0. The quantitative estimate of drug-likeness (QED) is 0.826. The maximum Gasteiger partial charge on any atom is 0.341 e. The molecule has 5 nitrogen and oxygen atoms in total. The molecule has 0 aliphatic rings. The van der Waals surface area contributed by atoms with Gasteiger partial charge in [-0.05, 0) is 29.8 Å². The number of nitrogens with zero attached hydrogens (tertiary/aromatic N) is 1. The van der Waals surface area contributed by atoms with Gasteiger partial charge in [-0.1, -0.05) is 24.3 Å². The van der Waals surface area contributed by atoms with E-state index in [2.05, 4.69) is 5.32 Å². The van der Waals surface area contributed by atoms with Gasteiger partial charge in [0, 0.05) is 26.3 Å². The van der Waals surface area contributed by atoms with Crippen LogP contribution in [0.15, 0.2) is 48.5 Å². The Kier molecular flexibility index (Phi) is 5.89. The molecule has 0 saturated heterocycles. The van der Waals surface area contributed by atoms with Gasteiger partial charge < -0.3 is 15.0 Å². The minimum atomic E-state index is -0.862. The number of amides is 1. The third kappa shape index (κ3) is 4.81. The fourth-order valence-electron chi connectivity index (χ4n) is 2.00. The van der Waals surface area contributed by atoms with Gasteiger partial charge in [-0.2, -0.15) is 0 Å². The molecular formula is C18H19FN2O3. The molecular weight excluding hydrogens is 311 g/mol. The Morgan fingerprint density at radius 2 is 1.75 bits per heavy atom. The van der Waals surface area contributed by atoms with Crippen molar-refractivity contribution in [3.8, 4) is 0 Å². The van der Waals surface area contributed by atoms with Crippen LogP contribution in [0.4, 0.5) is 10.1 Å². The summed E-state index contributed by atoms with van der Waals surface area (Å²) in [5.41, 5.74) is 1.79. The highest BCUT2D eigenvalue weighted by Gasteiger charge is 2.13. The molecule has 2 aromatic carbocycles. The predicted molar refractivity (Wildman–Crippen MR) is 89.3 cm³/mol. The largest absolute Gasteiger partial charge is 0.452 e. The van der Waals surface area contributed by atoms with Crippen molar-refractivity contribution in [3.63, 3.8) is 0 Å². The molecule has 0 spiro atoms. The van der Waals surface area contributed by atoms with E-state index in [9.17, 15) is 14.0 Å². The lowest BCUT2D eigenvalue weighted by Gasteiger charge is -2.13. The molecule has 2 aromatic rings. The first-order valence-electron chi connectivity index (χ1n) is 7.42. The van der Waals surface area contributed by atoms with Gasteiger partial charge in [-0.25, -0.2) is 9.18 Å². The Morgan fingerprint density at radius 3 is 2.38 bits per heavy atom. The van der Waals surface area contributed by atoms with Crippen molar-refractivity contribution in [2.24, 2.45) is 0 Å². The monoisotopic (exact) mass is 330 g/mol. The summed E-state index contributed by atoms with van der Waals surface area (Å²) in [6, 6.07) is 13.2. The summed E-state index contributed by atoms with van der Waals surface area (Å²) >= 11 is 0. The number of anilines is 1. The van der Waals surface area contributed by atoms with E-state index in [1.807, 2.05) is 43.3 Å². The van der Waals surface area contributed by atoms with Crippen LogP contribution in [-0.4, -0.2) is 32.6 Å². The molecule has 2 rings (SSSR count). The second-order valence-electron chi connectivity index (χ2n) is 5.39. The molecule has 0 heterocycles. The molecule has 6 heteroatoms. The summed E-state index contributed by atoms with van der Waals surface area (Å²) < 4.78 is 18.2. The van der Waals surface area contributed by atoms with Crippen LogP contribution in [0.5, 0.6) is 0 Å². The first kappa shape index (κ1) is 17.5. The lowest BCUT2D eigenvalue weighted by Crippen LogP contribution is -2.28. The average Bonchev–Trinajstić information content (AvgIpc) is 2.58. The van der Waals surface area contributed by atoms with Crippen molar-refractivity contribution in [3.05, 3.63) is 65.5 Å². The van der Waals surface area contributed by atoms with E-state index in [0.29, 0.717) is 6.54 Å². The Balaban J connectivity index is 1.79. The molecule has 0 atom stereocenters. The standard InChI is InChI=1S/C18H19FN2O3/c1-21(2)14-9-7-13(8-10-14)11-20-17(22)12-24-18(23)15-5-3-4-6-16(15)19/h3-10H,11-12H2,1-2H3,(H,20,22). The number of halogens is 1. The predicted octanol–water partition coefficient (Wildman–Crippen LogP) is 2.36. The molecule has 0 bridgehead atoms. The van der Waals surface area contributed by atoms with E-state index >= 15 is 0 Å². The maximum atomic E-state index is 13.4. The van der Waals surface area contributed by atoms with Crippen LogP contribution in [0, 0.1) is 5.82 Å². The SMILES string of the molecule is CN(C)c1ccc(CNC(=O)COC(=O)c2ccccc2F)cc1. The van der Waals surface area contributed by atoms with Crippen LogP contribution in [0.3, 0.4) is 0 Å². The number of hydrogen-bond donors (Lipinski definition) is 1. The lowest BCUT2D eigenvalue weighted by molar-refractivity contribution is -0.124. The molecule has 0 aliphatic carbocycles. The number of rotatable bonds is 6. The van der Waals surface area contributed by atoms with Crippen LogP contribution < -0.4 is 10.2 Å². The highest BCUT2D eigenvalue weighted by molar-refractivity contribution is 5.91. The van der Waals surface area contributed by atoms with Crippen LogP contribution in [0.1, 0.15) is 15.9 Å². The molecule has 0 unspecified atom stereocenters. The number of hydrogen-bond acceptors (Lipinski definition) is 4. The molecule has 24 heavy (non-hydrogen) atoms. The van der Waals surface area contributed by atoms with Crippen molar-refractivity contribution in [1.82, 2.24) is 5.32 Å². The Morgan fingerprint density at radius 1 is 1.08 bits per heavy atom. The fraction of sp³-hybridized carbons (Fsp3) is 0.222. The Labute approximate surface area is 140 Å². The molecule has 0 fully saturated rings. The fourth-order valence-corrected chi connectivity index (χ4v) is 2.00. The Bertz CT molecular complexity index is 714. The zero-order valence-electron chi connectivity index (χ0n) is 13.6. The van der Waals surface area contributed by atoms with Crippen molar-refractivity contribution in [2.45, 2.75) is 6.54 Å². The average molecular weight is 330 g/mol. The number of carbonyl (C=O) groups excluding carboxylic acids is 2. The van der Waals surface area contributed by atoms with E-state index < -0.39 is 24.3 Å². The van der Waals surface area contributed by atoms with E-state index in [-0.39, 0.29) is 5.56 Å². The summed E-state index contributed by atoms with van der Waals surface area (Å²) in [5, 5.41) is 2.65. The number of ether oxygens (including phenoxy) is 1. The van der Waals surface area contributed by atoms with Crippen LogP contribution in [-0.2, 0) is 16.1 Å². The molecule has 0 aliphatic heterocycles. The Hall–Kier alpha value is -2.89. The summed E-state index contributed by atoms with van der Waals surface area (Å²) in [6.45, 7) is -0.132. The second-order valence-corrected chi connectivity index (χ2v) is 5.39. The molecule has 0 aromatic heterocycles. The van der Waals surface area contributed by atoms with Gasteiger partial charge in [-0.3, -0.25) is 4.79 Å². The first-order chi connectivity index (χ1) is 11.5. The van der Waals surface area contributed by atoms with Gasteiger partial charge in [0.05, 0.1) is 5.56 Å². The summed E-state index contributed by atoms with van der Waals surface area (Å²) in [4.78, 5) is 25.4. The second kappa shape index (κ2) is 8.10. The topological polar surface area (TPSA) is 58.6 Å². The van der Waals surface area contributed by atoms with Gasteiger partial charge in [0.15, 0.2) is 6.61 Å². The van der Waals surface area contributed by atoms with Gasteiger partial charge in [0.2, 0.25) is 0 Å². The molecule has 126 valence electrons. The minimum absolute atomic E-state index is 0.190. The molecule has 0 radical (unpaired) electrons. The normalized spacial score (nSPS) is 10.1. The van der Waals surface area contributed by atoms with Crippen molar-refractivity contribution in [2.75, 3.05) is 25.6 Å². The maximum absolute atomic E-state index is 13.4. The van der Waals surface area contributed by atoms with E-state index in [0.717, 1.165) is 17.3 Å². The van der Waals surface area contributed by atoms with Crippen molar-refractivity contribution < 1.29 is 18.7 Å². The van der Waals surface area contributed by atoms with Crippen LogP contribution in [0.2, 0.25) is 0 Å². The highest BCUT2D eigenvalue weighted by Crippen LogP contribution is 2.12. The molecule has 1 amide bonds. The van der Waals surface area contributed by atoms with Gasteiger partial charge in [0.1, 0.15) is 5.82 Å². The minimum Gasteiger partial charge on any atom is -0.452 e. The highest BCUT2D eigenvalue weighted by atomic mass is 19.1. The van der Waals surface area contributed by atoms with Crippen molar-refractivity contribution in [1.29, 1.82) is 0 Å². The lowest BCUT2D eigenvalue weighted by atomic mass is 10.2. The van der Waals surface area contributed by atoms with E-state index in [4.69, 9.17) is 4.74 Å². The van der Waals surface area contributed by atoms with E-state index in [1.54, 1.807) is 0 Å². The van der Waals surface area contributed by atoms with Crippen LogP contribution in [0.25, 0.3) is 0 Å². The van der Waals surface area contributed by atoms with E-state index in [1.165, 1.54) is 18.2 Å². The summed E-state index contributed by atoms with van der Waals surface area (Å²) in [7, 11) is 3.89. The van der Waals surface area contributed by atoms with Crippen molar-refractivity contribution >= 4 is 17.6 Å². The number of nitrogens with one attached hydrogen (secondary N) is 1. The summed E-state index contributed by atoms with van der Waals surface area (Å²) in [5.74, 6) is -1.99. The van der Waals surface area contributed by atoms with Crippen LogP contribution >= 0.6 is 0 Å².